The Morgan fingerprint density at radius 2 is 1.50 bits per heavy atom. The van der Waals surface area contributed by atoms with Crippen molar-refractivity contribution in [2.24, 2.45) is 0 Å². The number of ketones is 1. The van der Waals surface area contributed by atoms with Gasteiger partial charge in [0.1, 0.15) is 6.10 Å². The molecule has 4 heteroatoms. The van der Waals surface area contributed by atoms with E-state index in [1.165, 1.54) is 12.4 Å². The molecule has 2 aromatic heterocycles. The SMILES string of the molecule is O=C(c1ccncc1)C(O)c1ccncc1. The molecule has 0 radical (unpaired) electrons. The molecule has 1 N–H and O–H groups in total. The van der Waals surface area contributed by atoms with Crippen LogP contribution in [0, 0.1) is 0 Å². The number of aromatic nitrogens is 2. The van der Waals surface area contributed by atoms with Crippen LogP contribution >= 0.6 is 0 Å². The Morgan fingerprint density at radius 3 is 2.06 bits per heavy atom. The van der Waals surface area contributed by atoms with E-state index in [9.17, 15) is 9.90 Å². The van der Waals surface area contributed by atoms with Gasteiger partial charge < -0.3 is 5.11 Å². The normalized spacial score (nSPS) is 12.1. The number of carbonyl (C=O) groups is 1. The summed E-state index contributed by atoms with van der Waals surface area (Å²) in [6, 6.07) is 6.38. The number of pyridine rings is 2. The smallest absolute Gasteiger partial charge is 0.195 e. The first kappa shape index (κ1) is 10.4. The summed E-state index contributed by atoms with van der Waals surface area (Å²) in [6.07, 6.45) is 4.97. The molecule has 1 atom stereocenters. The molecule has 0 aliphatic heterocycles. The summed E-state index contributed by atoms with van der Waals surface area (Å²) in [5.41, 5.74) is 0.983. The van der Waals surface area contributed by atoms with Crippen molar-refractivity contribution in [3.05, 3.63) is 60.2 Å². The molecule has 80 valence electrons. The third-order valence-electron chi connectivity index (χ3n) is 2.24. The van der Waals surface area contributed by atoms with E-state index in [1.807, 2.05) is 0 Å². The average Bonchev–Trinajstić information content (AvgIpc) is 2.39. The molecule has 2 rings (SSSR count). The third kappa shape index (κ3) is 2.12. The maximum absolute atomic E-state index is 11.8. The predicted octanol–water partition coefficient (Wildman–Crippen LogP) is 1.39. The second kappa shape index (κ2) is 4.63. The molecule has 0 saturated carbocycles. The zero-order chi connectivity index (χ0) is 11.4. The topological polar surface area (TPSA) is 63.1 Å². The van der Waals surface area contributed by atoms with Crippen LogP contribution < -0.4 is 0 Å². The van der Waals surface area contributed by atoms with Crippen molar-refractivity contribution in [2.75, 3.05) is 0 Å². The van der Waals surface area contributed by atoms with Crippen LogP contribution in [0.4, 0.5) is 0 Å². The van der Waals surface area contributed by atoms with Gasteiger partial charge in [-0.3, -0.25) is 14.8 Å². The molecule has 0 aliphatic carbocycles. The van der Waals surface area contributed by atoms with Gasteiger partial charge in [-0.15, -0.1) is 0 Å². The van der Waals surface area contributed by atoms with Gasteiger partial charge in [0.05, 0.1) is 0 Å². The Kier molecular flexibility index (Phi) is 3.03. The Balaban J connectivity index is 2.24. The first-order chi connectivity index (χ1) is 7.79. The van der Waals surface area contributed by atoms with Crippen molar-refractivity contribution in [1.29, 1.82) is 0 Å². The molecule has 0 aromatic carbocycles. The summed E-state index contributed by atoms with van der Waals surface area (Å²) in [5, 5.41) is 9.84. The monoisotopic (exact) mass is 214 g/mol. The van der Waals surface area contributed by atoms with Crippen molar-refractivity contribution in [1.82, 2.24) is 9.97 Å². The van der Waals surface area contributed by atoms with Gasteiger partial charge in [-0.25, -0.2) is 0 Å². The van der Waals surface area contributed by atoms with E-state index < -0.39 is 6.10 Å². The lowest BCUT2D eigenvalue weighted by Crippen LogP contribution is -2.12. The molecule has 0 saturated heterocycles. The summed E-state index contributed by atoms with van der Waals surface area (Å²) in [4.78, 5) is 19.5. The fourth-order valence-electron chi connectivity index (χ4n) is 1.37. The average molecular weight is 214 g/mol. The van der Waals surface area contributed by atoms with Crippen molar-refractivity contribution in [2.45, 2.75) is 6.10 Å². The Bertz CT molecular complexity index is 471. The van der Waals surface area contributed by atoms with Gasteiger partial charge >= 0.3 is 0 Å². The maximum atomic E-state index is 11.8. The molecule has 0 aliphatic rings. The highest BCUT2D eigenvalue weighted by Gasteiger charge is 2.18. The van der Waals surface area contributed by atoms with Crippen molar-refractivity contribution in [3.8, 4) is 0 Å². The van der Waals surface area contributed by atoms with E-state index in [0.717, 1.165) is 0 Å². The highest BCUT2D eigenvalue weighted by Crippen LogP contribution is 2.16. The number of nitrogens with zero attached hydrogens (tertiary/aromatic N) is 2. The molecule has 0 amide bonds. The number of Topliss-reactive ketones (excluding diaryl/α,β-unsaturated/α-hetero) is 1. The summed E-state index contributed by atoms with van der Waals surface area (Å²) < 4.78 is 0. The number of hydrogen-bond acceptors (Lipinski definition) is 4. The standard InChI is InChI=1S/C12H10N2O2/c15-11(9-1-5-13-6-2-9)12(16)10-3-7-14-8-4-10/h1-8,11,15H. The van der Waals surface area contributed by atoms with Gasteiger partial charge in [-0.2, -0.15) is 0 Å². The minimum atomic E-state index is -1.15. The molecule has 4 nitrogen and oxygen atoms in total. The maximum Gasteiger partial charge on any atom is 0.195 e. The lowest BCUT2D eigenvalue weighted by atomic mass is 10.0. The predicted molar refractivity (Wildman–Crippen MR) is 57.8 cm³/mol. The number of hydrogen-bond donors (Lipinski definition) is 1. The second-order valence-corrected chi connectivity index (χ2v) is 3.28. The fourth-order valence-corrected chi connectivity index (χ4v) is 1.37. The zero-order valence-electron chi connectivity index (χ0n) is 8.45. The molecule has 16 heavy (non-hydrogen) atoms. The van der Waals surface area contributed by atoms with Gasteiger partial charge in [0.2, 0.25) is 0 Å². The number of aliphatic hydroxyl groups excluding tert-OH is 1. The van der Waals surface area contributed by atoms with Crippen LogP contribution in [-0.2, 0) is 0 Å². The second-order valence-electron chi connectivity index (χ2n) is 3.28. The van der Waals surface area contributed by atoms with Gasteiger partial charge in [0.15, 0.2) is 5.78 Å². The highest BCUT2D eigenvalue weighted by atomic mass is 16.3. The van der Waals surface area contributed by atoms with Crippen LogP contribution in [0.5, 0.6) is 0 Å². The first-order valence-corrected chi connectivity index (χ1v) is 4.81. The number of rotatable bonds is 3. The Morgan fingerprint density at radius 1 is 1.00 bits per heavy atom. The highest BCUT2D eigenvalue weighted by molar-refractivity contribution is 5.99. The van der Waals surface area contributed by atoms with Crippen molar-refractivity contribution in [3.63, 3.8) is 0 Å². The molecule has 1 unspecified atom stereocenters. The van der Waals surface area contributed by atoms with Crippen LogP contribution in [-0.4, -0.2) is 20.9 Å². The van der Waals surface area contributed by atoms with E-state index in [1.54, 1.807) is 36.7 Å². The number of aliphatic hydroxyl groups is 1. The number of carbonyl (C=O) groups excluding carboxylic acids is 1. The first-order valence-electron chi connectivity index (χ1n) is 4.81. The minimum absolute atomic E-state index is 0.339. The Labute approximate surface area is 92.6 Å². The molecule has 0 spiro atoms. The minimum Gasteiger partial charge on any atom is -0.380 e. The van der Waals surface area contributed by atoms with E-state index in [2.05, 4.69) is 9.97 Å². The molecular weight excluding hydrogens is 204 g/mol. The van der Waals surface area contributed by atoms with Crippen LogP contribution in [0.25, 0.3) is 0 Å². The largest absolute Gasteiger partial charge is 0.380 e. The Hall–Kier alpha value is -2.07. The summed E-state index contributed by atoms with van der Waals surface area (Å²) >= 11 is 0. The lowest BCUT2D eigenvalue weighted by Gasteiger charge is -2.08. The van der Waals surface area contributed by atoms with E-state index in [4.69, 9.17) is 0 Å². The van der Waals surface area contributed by atoms with Crippen molar-refractivity contribution >= 4 is 5.78 Å². The van der Waals surface area contributed by atoms with Gasteiger partial charge in [0.25, 0.3) is 0 Å². The molecule has 2 heterocycles. The fraction of sp³-hybridized carbons (Fsp3) is 0.0833. The third-order valence-corrected chi connectivity index (χ3v) is 2.24. The molecular formula is C12H10N2O2. The molecule has 0 bridgehead atoms. The lowest BCUT2D eigenvalue weighted by molar-refractivity contribution is 0.0747. The molecule has 0 fully saturated rings. The van der Waals surface area contributed by atoms with Crippen molar-refractivity contribution < 1.29 is 9.90 Å². The molecule has 2 aromatic rings. The van der Waals surface area contributed by atoms with E-state index in [0.29, 0.717) is 11.1 Å². The van der Waals surface area contributed by atoms with Gasteiger partial charge in [-0.1, -0.05) is 0 Å². The van der Waals surface area contributed by atoms with Crippen LogP contribution in [0.2, 0.25) is 0 Å². The summed E-state index contributed by atoms with van der Waals surface area (Å²) in [7, 11) is 0. The van der Waals surface area contributed by atoms with Crippen LogP contribution in [0.15, 0.2) is 49.1 Å². The summed E-state index contributed by atoms with van der Waals surface area (Å²) in [5.74, 6) is -0.339. The van der Waals surface area contributed by atoms with Crippen LogP contribution in [0.3, 0.4) is 0 Å². The zero-order valence-corrected chi connectivity index (χ0v) is 8.45. The van der Waals surface area contributed by atoms with Gasteiger partial charge in [-0.05, 0) is 29.8 Å². The summed E-state index contributed by atoms with van der Waals surface area (Å²) in [6.45, 7) is 0. The van der Waals surface area contributed by atoms with Crippen LogP contribution in [0.1, 0.15) is 22.0 Å². The van der Waals surface area contributed by atoms with Gasteiger partial charge in [0, 0.05) is 30.4 Å². The quantitative estimate of drug-likeness (QED) is 0.784. The van der Waals surface area contributed by atoms with E-state index >= 15 is 0 Å². The van der Waals surface area contributed by atoms with E-state index in [-0.39, 0.29) is 5.78 Å².